The van der Waals surface area contributed by atoms with E-state index in [9.17, 15) is 9.18 Å². The molecule has 1 aromatic carbocycles. The molecule has 0 aliphatic heterocycles. The van der Waals surface area contributed by atoms with Crippen LogP contribution in [0.5, 0.6) is 0 Å². The van der Waals surface area contributed by atoms with E-state index in [4.69, 9.17) is 0 Å². The number of benzene rings is 1. The number of carbonyl (C=O) groups excluding carboxylic acids is 1. The van der Waals surface area contributed by atoms with Gasteiger partial charge in [0.2, 0.25) is 5.91 Å². The zero-order valence-corrected chi connectivity index (χ0v) is 12.6. The lowest BCUT2D eigenvalue weighted by atomic mass is 9.96. The summed E-state index contributed by atoms with van der Waals surface area (Å²) in [7, 11) is 0. The van der Waals surface area contributed by atoms with Crippen molar-refractivity contribution in [3.8, 4) is 0 Å². The summed E-state index contributed by atoms with van der Waals surface area (Å²) in [6.45, 7) is 5.57. The molecule has 0 atom stereocenters. The van der Waals surface area contributed by atoms with Gasteiger partial charge in [-0.05, 0) is 17.7 Å². The molecule has 2 rings (SSSR count). The maximum Gasteiger partial charge on any atom is 0.231 e. The predicted octanol–water partition coefficient (Wildman–Crippen LogP) is 3.86. The fourth-order valence-electron chi connectivity index (χ4n) is 1.54. The highest BCUT2D eigenvalue weighted by Gasteiger charge is 2.22. The number of aromatic nitrogens is 1. The zero-order valence-electron chi connectivity index (χ0n) is 11.7. The summed E-state index contributed by atoms with van der Waals surface area (Å²) in [6.07, 6.45) is 2.43. The number of amides is 1. The van der Waals surface area contributed by atoms with Gasteiger partial charge in [0.05, 0.1) is 0 Å². The van der Waals surface area contributed by atoms with Crippen LogP contribution < -0.4 is 5.32 Å². The van der Waals surface area contributed by atoms with Gasteiger partial charge in [-0.25, -0.2) is 9.37 Å². The maximum absolute atomic E-state index is 12.8. The SMILES string of the molecule is CC(C)(C)C(=O)Nc1ncc(Cc2ccc(F)cc2)s1. The summed E-state index contributed by atoms with van der Waals surface area (Å²) in [4.78, 5) is 17.1. The Balaban J connectivity index is 2.02. The van der Waals surface area contributed by atoms with Crippen molar-refractivity contribution in [1.29, 1.82) is 0 Å². The standard InChI is InChI=1S/C15H17FN2OS/c1-15(2,3)13(19)18-14-17-9-12(20-14)8-10-4-6-11(16)7-5-10/h4-7,9H,8H2,1-3H3,(H,17,18,19). The van der Waals surface area contributed by atoms with Crippen molar-refractivity contribution in [2.24, 2.45) is 5.41 Å². The van der Waals surface area contributed by atoms with Crippen LogP contribution in [0.15, 0.2) is 30.5 Å². The number of rotatable bonds is 3. The van der Waals surface area contributed by atoms with Gasteiger partial charge in [-0.2, -0.15) is 0 Å². The van der Waals surface area contributed by atoms with E-state index in [0.717, 1.165) is 10.4 Å². The van der Waals surface area contributed by atoms with Gasteiger partial charge in [0.15, 0.2) is 5.13 Å². The minimum absolute atomic E-state index is 0.0554. The molecule has 5 heteroatoms. The third kappa shape index (κ3) is 3.87. The van der Waals surface area contributed by atoms with Crippen LogP contribution in [-0.4, -0.2) is 10.9 Å². The Morgan fingerprint density at radius 3 is 2.55 bits per heavy atom. The number of nitrogens with zero attached hydrogens (tertiary/aromatic N) is 1. The van der Waals surface area contributed by atoms with Gasteiger partial charge in [0.25, 0.3) is 0 Å². The van der Waals surface area contributed by atoms with Crippen molar-refractivity contribution in [3.05, 3.63) is 46.7 Å². The molecule has 0 bridgehead atoms. The molecule has 1 heterocycles. The van der Waals surface area contributed by atoms with Gasteiger partial charge in [-0.15, -0.1) is 11.3 Å². The number of thiazole rings is 1. The quantitative estimate of drug-likeness (QED) is 0.933. The molecule has 0 saturated heterocycles. The highest BCUT2D eigenvalue weighted by molar-refractivity contribution is 7.15. The monoisotopic (exact) mass is 292 g/mol. The molecule has 1 amide bonds. The van der Waals surface area contributed by atoms with Gasteiger partial charge in [-0.1, -0.05) is 32.9 Å². The average molecular weight is 292 g/mol. The van der Waals surface area contributed by atoms with Crippen LogP contribution >= 0.6 is 11.3 Å². The van der Waals surface area contributed by atoms with E-state index in [0.29, 0.717) is 11.6 Å². The number of nitrogens with one attached hydrogen (secondary N) is 1. The van der Waals surface area contributed by atoms with Crippen molar-refractivity contribution in [2.75, 3.05) is 5.32 Å². The second kappa shape index (κ2) is 5.71. The third-order valence-electron chi connectivity index (χ3n) is 2.75. The summed E-state index contributed by atoms with van der Waals surface area (Å²) in [5, 5.41) is 3.40. The molecular formula is C15H17FN2OS. The van der Waals surface area contributed by atoms with E-state index >= 15 is 0 Å². The minimum atomic E-state index is -0.442. The molecule has 0 aliphatic rings. The molecular weight excluding hydrogens is 275 g/mol. The van der Waals surface area contributed by atoms with Crippen LogP contribution in [-0.2, 0) is 11.2 Å². The Bertz CT molecular complexity index is 599. The van der Waals surface area contributed by atoms with E-state index < -0.39 is 5.41 Å². The van der Waals surface area contributed by atoms with Crippen LogP contribution in [0.25, 0.3) is 0 Å². The van der Waals surface area contributed by atoms with E-state index in [1.54, 1.807) is 18.3 Å². The third-order valence-corrected chi connectivity index (χ3v) is 3.66. The number of carbonyl (C=O) groups is 1. The normalized spacial score (nSPS) is 11.4. The van der Waals surface area contributed by atoms with E-state index in [1.807, 2.05) is 20.8 Å². The van der Waals surface area contributed by atoms with E-state index in [-0.39, 0.29) is 11.7 Å². The summed E-state index contributed by atoms with van der Waals surface area (Å²) in [5.41, 5.74) is 0.576. The van der Waals surface area contributed by atoms with Crippen LogP contribution in [0.4, 0.5) is 9.52 Å². The van der Waals surface area contributed by atoms with Crippen LogP contribution in [0.3, 0.4) is 0 Å². The molecule has 2 aromatic rings. The molecule has 0 spiro atoms. The average Bonchev–Trinajstić information content (AvgIpc) is 2.78. The fourth-order valence-corrected chi connectivity index (χ4v) is 2.38. The Kier molecular flexibility index (Phi) is 4.18. The van der Waals surface area contributed by atoms with Crippen LogP contribution in [0.1, 0.15) is 31.2 Å². The van der Waals surface area contributed by atoms with Crippen molar-refractivity contribution >= 4 is 22.4 Å². The first-order valence-corrected chi connectivity index (χ1v) is 7.17. The largest absolute Gasteiger partial charge is 0.302 e. The van der Waals surface area contributed by atoms with Gasteiger partial charge in [-0.3, -0.25) is 4.79 Å². The first-order valence-electron chi connectivity index (χ1n) is 6.35. The Labute approximate surface area is 121 Å². The van der Waals surface area contributed by atoms with Gasteiger partial charge in [0.1, 0.15) is 5.82 Å². The summed E-state index contributed by atoms with van der Waals surface area (Å²) in [5.74, 6) is -0.295. The Morgan fingerprint density at radius 2 is 1.95 bits per heavy atom. The second-order valence-corrected chi connectivity index (χ2v) is 6.75. The lowest BCUT2D eigenvalue weighted by Gasteiger charge is -2.15. The molecule has 1 aromatic heterocycles. The van der Waals surface area contributed by atoms with Crippen LogP contribution in [0.2, 0.25) is 0 Å². The molecule has 0 saturated carbocycles. The fraction of sp³-hybridized carbons (Fsp3) is 0.333. The highest BCUT2D eigenvalue weighted by atomic mass is 32.1. The van der Waals surface area contributed by atoms with E-state index in [1.165, 1.54) is 23.5 Å². The first-order chi connectivity index (χ1) is 9.34. The number of halogens is 1. The van der Waals surface area contributed by atoms with Gasteiger partial charge < -0.3 is 5.32 Å². The van der Waals surface area contributed by atoms with Gasteiger partial charge in [0, 0.05) is 22.9 Å². The van der Waals surface area contributed by atoms with Crippen molar-refractivity contribution < 1.29 is 9.18 Å². The lowest BCUT2D eigenvalue weighted by molar-refractivity contribution is -0.123. The molecule has 0 radical (unpaired) electrons. The summed E-state index contributed by atoms with van der Waals surface area (Å²) < 4.78 is 12.8. The maximum atomic E-state index is 12.8. The molecule has 3 nitrogen and oxygen atoms in total. The van der Waals surface area contributed by atoms with E-state index in [2.05, 4.69) is 10.3 Å². The minimum Gasteiger partial charge on any atom is -0.302 e. The lowest BCUT2D eigenvalue weighted by Crippen LogP contribution is -2.27. The van der Waals surface area contributed by atoms with Crippen LogP contribution in [0, 0.1) is 11.2 Å². The first kappa shape index (κ1) is 14.7. The Morgan fingerprint density at radius 1 is 1.30 bits per heavy atom. The molecule has 0 fully saturated rings. The van der Waals surface area contributed by atoms with Gasteiger partial charge >= 0.3 is 0 Å². The molecule has 1 N–H and O–H groups in total. The molecule has 106 valence electrons. The molecule has 0 unspecified atom stereocenters. The zero-order chi connectivity index (χ0) is 14.8. The predicted molar refractivity (Wildman–Crippen MR) is 79.4 cm³/mol. The number of anilines is 1. The summed E-state index contributed by atoms with van der Waals surface area (Å²) in [6, 6.07) is 6.39. The molecule has 20 heavy (non-hydrogen) atoms. The topological polar surface area (TPSA) is 42.0 Å². The number of hydrogen-bond donors (Lipinski definition) is 1. The highest BCUT2D eigenvalue weighted by Crippen LogP contribution is 2.23. The Hall–Kier alpha value is -1.75. The summed E-state index contributed by atoms with van der Waals surface area (Å²) >= 11 is 1.44. The van der Waals surface area contributed by atoms with Crippen molar-refractivity contribution in [3.63, 3.8) is 0 Å². The van der Waals surface area contributed by atoms with Crippen molar-refractivity contribution in [1.82, 2.24) is 4.98 Å². The second-order valence-electron chi connectivity index (χ2n) is 5.64. The number of hydrogen-bond acceptors (Lipinski definition) is 3. The molecule has 0 aliphatic carbocycles. The van der Waals surface area contributed by atoms with Crippen molar-refractivity contribution in [2.45, 2.75) is 27.2 Å². The smallest absolute Gasteiger partial charge is 0.231 e.